The molecule has 0 unspecified atom stereocenters. The third-order valence-electron chi connectivity index (χ3n) is 2.17. The highest BCUT2D eigenvalue weighted by Crippen LogP contribution is 2.07. The molecule has 2 aromatic rings. The first kappa shape index (κ1) is 11.7. The molecule has 0 fully saturated rings. The molecule has 7 heteroatoms. The highest BCUT2D eigenvalue weighted by Gasteiger charge is 2.07. The second-order valence-electron chi connectivity index (χ2n) is 3.53. The number of carbonyl (C=O) groups excluding carboxylic acids is 1. The Labute approximate surface area is 103 Å². The van der Waals surface area contributed by atoms with Crippen molar-refractivity contribution in [3.05, 3.63) is 28.5 Å². The van der Waals surface area contributed by atoms with E-state index in [0.29, 0.717) is 12.2 Å². The first-order valence-corrected chi connectivity index (χ1v) is 6.18. The third-order valence-corrected chi connectivity index (χ3v) is 2.95. The van der Waals surface area contributed by atoms with Gasteiger partial charge in [-0.05, 0) is 13.3 Å². The smallest absolute Gasteiger partial charge is 0.270 e. The molecule has 90 valence electrons. The lowest BCUT2D eigenvalue weighted by atomic mass is 10.4. The largest absolute Gasteiger partial charge is 0.351 e. The van der Waals surface area contributed by atoms with Gasteiger partial charge in [0.15, 0.2) is 0 Å². The van der Waals surface area contributed by atoms with Crippen LogP contribution in [0.1, 0.15) is 21.9 Å². The van der Waals surface area contributed by atoms with Crippen LogP contribution in [-0.2, 0) is 6.54 Å². The summed E-state index contributed by atoms with van der Waals surface area (Å²) >= 11 is 1.48. The summed E-state index contributed by atoms with van der Waals surface area (Å²) in [6.45, 7) is 3.23. The Bertz CT molecular complexity index is 479. The zero-order valence-corrected chi connectivity index (χ0v) is 10.3. The number of thiazole rings is 1. The number of rotatable bonds is 5. The zero-order chi connectivity index (χ0) is 12.1. The molecule has 0 radical (unpaired) electrons. The Morgan fingerprint density at radius 3 is 3.12 bits per heavy atom. The molecule has 2 aromatic heterocycles. The number of amides is 1. The first-order chi connectivity index (χ1) is 8.25. The van der Waals surface area contributed by atoms with Crippen LogP contribution < -0.4 is 5.32 Å². The van der Waals surface area contributed by atoms with Crippen LogP contribution in [0.4, 0.5) is 0 Å². The summed E-state index contributed by atoms with van der Waals surface area (Å²) in [4.78, 5) is 15.7. The molecule has 1 N–H and O–H groups in total. The molecule has 0 aliphatic carbocycles. The first-order valence-electron chi connectivity index (χ1n) is 5.30. The van der Waals surface area contributed by atoms with Crippen LogP contribution in [0.3, 0.4) is 0 Å². The highest BCUT2D eigenvalue weighted by atomic mass is 32.1. The SMILES string of the molecule is Cc1nc(C(=O)NCCCn2ccnn2)cs1. The van der Waals surface area contributed by atoms with E-state index in [1.54, 1.807) is 22.5 Å². The van der Waals surface area contributed by atoms with Crippen molar-refractivity contribution in [3.63, 3.8) is 0 Å². The molecule has 17 heavy (non-hydrogen) atoms. The average molecular weight is 251 g/mol. The standard InChI is InChI=1S/C10H13N5OS/c1-8-13-9(7-17-8)10(16)11-3-2-5-15-6-4-12-14-15/h4,6-7H,2-3,5H2,1H3,(H,11,16). The number of aryl methyl sites for hydroxylation is 2. The molecule has 0 saturated heterocycles. The lowest BCUT2D eigenvalue weighted by Crippen LogP contribution is -2.25. The fourth-order valence-corrected chi connectivity index (χ4v) is 1.95. The molecule has 0 aliphatic rings. The number of carbonyl (C=O) groups is 1. The molecular formula is C10H13N5OS. The van der Waals surface area contributed by atoms with Gasteiger partial charge in [-0.2, -0.15) is 0 Å². The summed E-state index contributed by atoms with van der Waals surface area (Å²) in [5.74, 6) is -0.118. The van der Waals surface area contributed by atoms with Crippen LogP contribution in [0.2, 0.25) is 0 Å². The van der Waals surface area contributed by atoms with Gasteiger partial charge in [0.1, 0.15) is 5.69 Å². The Morgan fingerprint density at radius 2 is 2.47 bits per heavy atom. The van der Waals surface area contributed by atoms with E-state index in [0.717, 1.165) is 18.0 Å². The quantitative estimate of drug-likeness (QED) is 0.800. The fraction of sp³-hybridized carbons (Fsp3) is 0.400. The second-order valence-corrected chi connectivity index (χ2v) is 4.59. The predicted octanol–water partition coefficient (Wildman–Crippen LogP) is 0.863. The van der Waals surface area contributed by atoms with Gasteiger partial charge in [-0.1, -0.05) is 5.21 Å². The van der Waals surface area contributed by atoms with Crippen molar-refractivity contribution >= 4 is 17.2 Å². The van der Waals surface area contributed by atoms with Gasteiger partial charge in [0.05, 0.1) is 11.2 Å². The minimum absolute atomic E-state index is 0.118. The van der Waals surface area contributed by atoms with Gasteiger partial charge in [0.25, 0.3) is 5.91 Å². The Kier molecular flexibility index (Phi) is 3.81. The van der Waals surface area contributed by atoms with Crippen molar-refractivity contribution in [3.8, 4) is 0 Å². The molecule has 0 atom stereocenters. The molecule has 0 saturated carbocycles. The van der Waals surface area contributed by atoms with Crippen LogP contribution in [-0.4, -0.2) is 32.4 Å². The lowest BCUT2D eigenvalue weighted by molar-refractivity contribution is 0.0948. The maximum Gasteiger partial charge on any atom is 0.270 e. The maximum absolute atomic E-state index is 11.6. The van der Waals surface area contributed by atoms with Crippen LogP contribution in [0.25, 0.3) is 0 Å². The molecule has 2 rings (SSSR count). The third kappa shape index (κ3) is 3.35. The van der Waals surface area contributed by atoms with Crippen LogP contribution in [0.5, 0.6) is 0 Å². The summed E-state index contributed by atoms with van der Waals surface area (Å²) < 4.78 is 1.74. The molecule has 6 nitrogen and oxygen atoms in total. The predicted molar refractivity (Wildman–Crippen MR) is 63.8 cm³/mol. The normalized spacial score (nSPS) is 10.4. The molecule has 0 aliphatic heterocycles. The number of hydrogen-bond donors (Lipinski definition) is 1. The summed E-state index contributed by atoms with van der Waals surface area (Å²) in [6, 6.07) is 0. The monoisotopic (exact) mass is 251 g/mol. The summed E-state index contributed by atoms with van der Waals surface area (Å²) in [5.41, 5.74) is 0.494. The highest BCUT2D eigenvalue weighted by molar-refractivity contribution is 7.09. The number of nitrogens with zero attached hydrogens (tertiary/aromatic N) is 4. The van der Waals surface area contributed by atoms with Gasteiger partial charge in [0.2, 0.25) is 0 Å². The van der Waals surface area contributed by atoms with Gasteiger partial charge in [0, 0.05) is 24.7 Å². The molecule has 0 bridgehead atoms. The van der Waals surface area contributed by atoms with Crippen molar-refractivity contribution in [1.29, 1.82) is 0 Å². The van der Waals surface area contributed by atoms with Gasteiger partial charge in [-0.25, -0.2) is 4.98 Å². The minimum atomic E-state index is -0.118. The lowest BCUT2D eigenvalue weighted by Gasteiger charge is -2.02. The van der Waals surface area contributed by atoms with Crippen LogP contribution in [0.15, 0.2) is 17.8 Å². The number of aromatic nitrogens is 4. The summed E-state index contributed by atoms with van der Waals surface area (Å²) in [6.07, 6.45) is 4.25. The van der Waals surface area contributed by atoms with Crippen molar-refractivity contribution in [2.45, 2.75) is 19.9 Å². The van der Waals surface area contributed by atoms with Crippen molar-refractivity contribution < 1.29 is 4.79 Å². The van der Waals surface area contributed by atoms with E-state index in [-0.39, 0.29) is 5.91 Å². The van der Waals surface area contributed by atoms with E-state index in [2.05, 4.69) is 20.6 Å². The van der Waals surface area contributed by atoms with E-state index >= 15 is 0 Å². The second kappa shape index (κ2) is 5.53. The molecule has 1 amide bonds. The van der Waals surface area contributed by atoms with Gasteiger partial charge in [-0.15, -0.1) is 16.4 Å². The van der Waals surface area contributed by atoms with Crippen LogP contribution in [0, 0.1) is 6.92 Å². The van der Waals surface area contributed by atoms with E-state index in [1.165, 1.54) is 11.3 Å². The van der Waals surface area contributed by atoms with Crippen molar-refractivity contribution in [2.75, 3.05) is 6.54 Å². The Balaban J connectivity index is 1.70. The summed E-state index contributed by atoms with van der Waals surface area (Å²) in [5, 5.41) is 13.0. The zero-order valence-electron chi connectivity index (χ0n) is 9.46. The molecular weight excluding hydrogens is 238 g/mol. The van der Waals surface area contributed by atoms with Gasteiger partial charge < -0.3 is 5.32 Å². The number of nitrogens with one attached hydrogen (secondary N) is 1. The van der Waals surface area contributed by atoms with Crippen molar-refractivity contribution in [1.82, 2.24) is 25.3 Å². The minimum Gasteiger partial charge on any atom is -0.351 e. The Morgan fingerprint density at radius 1 is 1.59 bits per heavy atom. The number of hydrogen-bond acceptors (Lipinski definition) is 5. The van der Waals surface area contributed by atoms with Gasteiger partial charge in [-0.3, -0.25) is 9.48 Å². The fourth-order valence-electron chi connectivity index (χ4n) is 1.35. The topological polar surface area (TPSA) is 72.7 Å². The van der Waals surface area contributed by atoms with Gasteiger partial charge >= 0.3 is 0 Å². The molecule has 0 aromatic carbocycles. The molecule has 0 spiro atoms. The van der Waals surface area contributed by atoms with E-state index < -0.39 is 0 Å². The van der Waals surface area contributed by atoms with E-state index in [1.807, 2.05) is 6.92 Å². The van der Waals surface area contributed by atoms with Crippen LogP contribution >= 0.6 is 11.3 Å². The summed E-state index contributed by atoms with van der Waals surface area (Å²) in [7, 11) is 0. The van der Waals surface area contributed by atoms with Crippen molar-refractivity contribution in [2.24, 2.45) is 0 Å². The Hall–Kier alpha value is -1.76. The van der Waals surface area contributed by atoms with E-state index in [4.69, 9.17) is 0 Å². The maximum atomic E-state index is 11.6. The van der Waals surface area contributed by atoms with E-state index in [9.17, 15) is 4.79 Å². The molecule has 2 heterocycles. The average Bonchev–Trinajstić information content (AvgIpc) is 2.95.